The van der Waals surface area contributed by atoms with Gasteiger partial charge in [0.1, 0.15) is 5.75 Å². The zero-order chi connectivity index (χ0) is 14.0. The Morgan fingerprint density at radius 3 is 2.58 bits per heavy atom. The molecule has 1 aromatic heterocycles. The number of aliphatic hydroxyl groups excluding tert-OH is 1. The third-order valence-corrected chi connectivity index (χ3v) is 4.22. The van der Waals surface area contributed by atoms with Crippen LogP contribution >= 0.6 is 33.9 Å². The van der Waals surface area contributed by atoms with E-state index in [1.54, 1.807) is 19.1 Å². The van der Waals surface area contributed by atoms with Crippen LogP contribution in [0.1, 0.15) is 17.9 Å². The highest BCUT2D eigenvalue weighted by atomic mass is 127. The van der Waals surface area contributed by atoms with Crippen LogP contribution in [0.3, 0.4) is 0 Å². The Bertz CT molecular complexity index is 594. The largest absolute Gasteiger partial charge is 0.440 e. The highest BCUT2D eigenvalue weighted by Crippen LogP contribution is 2.41. The van der Waals surface area contributed by atoms with E-state index in [0.29, 0.717) is 10.6 Å². The molecule has 0 aliphatic heterocycles. The maximum atomic E-state index is 11.0. The standard InChI is InChI=1S/C12H10INO4S/c1-7(15)11-6-10(14(16)17)12(19-11)18-9-4-2-8(13)3-5-9/h2-7,15H,1H3/t7-/m1/s1. The van der Waals surface area contributed by atoms with E-state index in [1.165, 1.54) is 6.07 Å². The van der Waals surface area contributed by atoms with Crippen molar-refractivity contribution in [3.05, 3.63) is 48.9 Å². The van der Waals surface area contributed by atoms with Gasteiger partial charge >= 0.3 is 5.69 Å². The van der Waals surface area contributed by atoms with Gasteiger partial charge in [0.15, 0.2) is 0 Å². The fourth-order valence-electron chi connectivity index (χ4n) is 1.40. The number of ether oxygens (including phenoxy) is 1. The summed E-state index contributed by atoms with van der Waals surface area (Å²) in [6, 6.07) is 8.54. The molecular formula is C12H10INO4S. The molecule has 0 saturated carbocycles. The molecule has 0 radical (unpaired) electrons. The van der Waals surface area contributed by atoms with E-state index in [1.807, 2.05) is 12.1 Å². The number of aliphatic hydroxyl groups is 1. The van der Waals surface area contributed by atoms with Gasteiger partial charge in [0.25, 0.3) is 5.06 Å². The number of nitrogens with zero attached hydrogens (tertiary/aromatic N) is 1. The number of thiophene rings is 1. The lowest BCUT2D eigenvalue weighted by atomic mass is 10.3. The van der Waals surface area contributed by atoms with Crippen LogP contribution in [0.25, 0.3) is 0 Å². The lowest BCUT2D eigenvalue weighted by molar-refractivity contribution is -0.385. The summed E-state index contributed by atoms with van der Waals surface area (Å²) in [7, 11) is 0. The van der Waals surface area contributed by atoms with Crippen LogP contribution in [-0.2, 0) is 0 Å². The zero-order valence-electron chi connectivity index (χ0n) is 9.87. The summed E-state index contributed by atoms with van der Waals surface area (Å²) in [6.07, 6.45) is -0.752. The van der Waals surface area contributed by atoms with E-state index in [4.69, 9.17) is 4.74 Å². The number of rotatable bonds is 4. The molecule has 1 atom stereocenters. The van der Waals surface area contributed by atoms with Gasteiger partial charge in [0, 0.05) is 14.5 Å². The fraction of sp³-hybridized carbons (Fsp3) is 0.167. The van der Waals surface area contributed by atoms with Crippen molar-refractivity contribution in [1.29, 1.82) is 0 Å². The first-order valence-corrected chi connectivity index (χ1v) is 7.26. The van der Waals surface area contributed by atoms with Gasteiger partial charge in [0.2, 0.25) is 0 Å². The Morgan fingerprint density at radius 1 is 1.42 bits per heavy atom. The topological polar surface area (TPSA) is 72.6 Å². The molecule has 0 unspecified atom stereocenters. The Hall–Kier alpha value is -1.19. The molecule has 0 fully saturated rings. The van der Waals surface area contributed by atoms with Gasteiger partial charge in [0.05, 0.1) is 11.0 Å². The van der Waals surface area contributed by atoms with Crippen molar-refractivity contribution < 1.29 is 14.8 Å². The first-order valence-electron chi connectivity index (χ1n) is 5.37. The van der Waals surface area contributed by atoms with Gasteiger partial charge in [-0.1, -0.05) is 11.3 Å². The molecule has 1 aromatic carbocycles. The summed E-state index contributed by atoms with van der Waals surface area (Å²) in [5, 5.41) is 20.6. The number of hydrogen-bond acceptors (Lipinski definition) is 5. The smallest absolute Gasteiger partial charge is 0.323 e. The monoisotopic (exact) mass is 391 g/mol. The highest BCUT2D eigenvalue weighted by molar-refractivity contribution is 14.1. The van der Waals surface area contributed by atoms with Crippen molar-refractivity contribution in [3.63, 3.8) is 0 Å². The van der Waals surface area contributed by atoms with E-state index < -0.39 is 11.0 Å². The van der Waals surface area contributed by atoms with Crippen LogP contribution in [0.5, 0.6) is 10.8 Å². The highest BCUT2D eigenvalue weighted by Gasteiger charge is 2.22. The minimum Gasteiger partial charge on any atom is -0.440 e. The van der Waals surface area contributed by atoms with Gasteiger partial charge in [-0.25, -0.2) is 0 Å². The van der Waals surface area contributed by atoms with Crippen LogP contribution in [0.4, 0.5) is 5.69 Å². The molecule has 0 bridgehead atoms. The third-order valence-electron chi connectivity index (χ3n) is 2.33. The molecule has 7 heteroatoms. The summed E-state index contributed by atoms with van der Waals surface area (Å²) in [5.74, 6) is 0.530. The predicted molar refractivity (Wildman–Crippen MR) is 80.8 cm³/mol. The lowest BCUT2D eigenvalue weighted by Gasteiger charge is -2.02. The number of hydrogen-bond donors (Lipinski definition) is 1. The second-order valence-corrected chi connectivity index (χ2v) is 6.10. The molecule has 0 saturated heterocycles. The minimum atomic E-state index is -0.752. The summed E-state index contributed by atoms with van der Waals surface area (Å²) in [4.78, 5) is 10.9. The Balaban J connectivity index is 2.33. The van der Waals surface area contributed by atoms with Crippen molar-refractivity contribution in [2.45, 2.75) is 13.0 Å². The quantitative estimate of drug-likeness (QED) is 0.484. The number of halogens is 1. The van der Waals surface area contributed by atoms with Crippen molar-refractivity contribution in [2.24, 2.45) is 0 Å². The Labute approximate surface area is 127 Å². The summed E-state index contributed by atoms with van der Waals surface area (Å²) < 4.78 is 6.57. The van der Waals surface area contributed by atoms with E-state index in [0.717, 1.165) is 14.9 Å². The minimum absolute atomic E-state index is 0.126. The Kier molecular flexibility index (Phi) is 4.38. The SMILES string of the molecule is C[C@@H](O)c1cc([N+](=O)[O-])c(Oc2ccc(I)cc2)s1. The van der Waals surface area contributed by atoms with Crippen LogP contribution in [-0.4, -0.2) is 10.0 Å². The van der Waals surface area contributed by atoms with Crippen LogP contribution in [0, 0.1) is 13.7 Å². The van der Waals surface area contributed by atoms with Gasteiger partial charge in [-0.15, -0.1) is 0 Å². The second kappa shape index (κ2) is 5.85. The molecule has 1 heterocycles. The van der Waals surface area contributed by atoms with Gasteiger partial charge < -0.3 is 9.84 Å². The predicted octanol–water partition coefficient (Wildman–Crippen LogP) is 4.11. The molecule has 5 nitrogen and oxygen atoms in total. The van der Waals surface area contributed by atoms with Crippen molar-refractivity contribution in [2.75, 3.05) is 0 Å². The summed E-state index contributed by atoms with van der Waals surface area (Å²) in [6.45, 7) is 1.56. The lowest BCUT2D eigenvalue weighted by Crippen LogP contribution is -1.89. The van der Waals surface area contributed by atoms with E-state index in [2.05, 4.69) is 22.6 Å². The van der Waals surface area contributed by atoms with Gasteiger partial charge in [-0.05, 0) is 53.8 Å². The maximum Gasteiger partial charge on any atom is 0.323 e. The van der Waals surface area contributed by atoms with Crippen LogP contribution in [0.2, 0.25) is 0 Å². The van der Waals surface area contributed by atoms with Crippen molar-refractivity contribution in [1.82, 2.24) is 0 Å². The van der Waals surface area contributed by atoms with Crippen LogP contribution < -0.4 is 4.74 Å². The first-order chi connectivity index (χ1) is 8.97. The molecule has 2 rings (SSSR count). The summed E-state index contributed by atoms with van der Waals surface area (Å²) in [5.41, 5.74) is -0.126. The molecule has 0 amide bonds. The average Bonchev–Trinajstić information content (AvgIpc) is 2.76. The van der Waals surface area contributed by atoms with E-state index in [-0.39, 0.29) is 10.8 Å². The average molecular weight is 391 g/mol. The molecule has 2 aromatic rings. The van der Waals surface area contributed by atoms with Crippen molar-refractivity contribution in [3.8, 4) is 10.8 Å². The molecule has 0 aliphatic carbocycles. The van der Waals surface area contributed by atoms with E-state index in [9.17, 15) is 15.2 Å². The molecule has 1 N–H and O–H groups in total. The molecule has 0 spiro atoms. The number of benzene rings is 1. The van der Waals surface area contributed by atoms with Crippen molar-refractivity contribution >= 4 is 39.6 Å². The molecule has 19 heavy (non-hydrogen) atoms. The van der Waals surface area contributed by atoms with E-state index >= 15 is 0 Å². The maximum absolute atomic E-state index is 11.0. The molecule has 100 valence electrons. The summed E-state index contributed by atoms with van der Waals surface area (Å²) >= 11 is 3.24. The van der Waals surface area contributed by atoms with Gasteiger partial charge in [-0.2, -0.15) is 0 Å². The zero-order valence-corrected chi connectivity index (χ0v) is 12.8. The van der Waals surface area contributed by atoms with Gasteiger partial charge in [-0.3, -0.25) is 10.1 Å². The molecule has 0 aliphatic rings. The normalized spacial score (nSPS) is 12.2. The molecular weight excluding hydrogens is 381 g/mol. The second-order valence-electron chi connectivity index (χ2n) is 3.81. The Morgan fingerprint density at radius 2 is 2.05 bits per heavy atom. The fourth-order valence-corrected chi connectivity index (χ4v) is 2.69. The van der Waals surface area contributed by atoms with Crippen LogP contribution in [0.15, 0.2) is 30.3 Å². The third kappa shape index (κ3) is 3.43. The first kappa shape index (κ1) is 14.2. The number of nitro groups is 1.